The van der Waals surface area contributed by atoms with Crippen LogP contribution in [0.1, 0.15) is 28.0 Å². The Labute approximate surface area is 144 Å². The molecule has 7 nitrogen and oxygen atoms in total. The molecule has 1 amide bonds. The second-order valence-electron chi connectivity index (χ2n) is 5.49. The maximum atomic E-state index is 12.0. The molecule has 0 bridgehead atoms. The average molecular weight is 342 g/mol. The molecule has 0 saturated heterocycles. The second-order valence-corrected chi connectivity index (χ2v) is 5.49. The van der Waals surface area contributed by atoms with Gasteiger partial charge in [-0.05, 0) is 36.2 Å². The molecule has 1 aromatic heterocycles. The molecule has 2 aromatic rings. The van der Waals surface area contributed by atoms with Crippen molar-refractivity contribution in [2.45, 2.75) is 19.4 Å². The molecule has 0 radical (unpaired) electrons. The Morgan fingerprint density at radius 1 is 1.20 bits per heavy atom. The van der Waals surface area contributed by atoms with E-state index in [0.717, 1.165) is 11.3 Å². The molecule has 25 heavy (non-hydrogen) atoms. The van der Waals surface area contributed by atoms with Crippen molar-refractivity contribution in [1.29, 1.82) is 0 Å². The number of nitrogens with zero attached hydrogens (tertiary/aromatic N) is 1. The Morgan fingerprint density at radius 3 is 2.88 bits per heavy atom. The molecule has 2 heterocycles. The van der Waals surface area contributed by atoms with Crippen molar-refractivity contribution in [2.24, 2.45) is 0 Å². The van der Waals surface area contributed by atoms with E-state index in [1.165, 1.54) is 13.3 Å². The summed E-state index contributed by atoms with van der Waals surface area (Å²) >= 11 is 0. The van der Waals surface area contributed by atoms with Gasteiger partial charge in [-0.2, -0.15) is 0 Å². The zero-order valence-corrected chi connectivity index (χ0v) is 13.8. The van der Waals surface area contributed by atoms with Crippen molar-refractivity contribution in [2.75, 3.05) is 13.9 Å². The number of aryl methyl sites for hydroxylation is 1. The maximum absolute atomic E-state index is 12.0. The number of benzene rings is 1. The Morgan fingerprint density at radius 2 is 2.04 bits per heavy atom. The lowest BCUT2D eigenvalue weighted by atomic mass is 10.1. The molecule has 7 heteroatoms. The number of carbonyl (C=O) groups excluding carboxylic acids is 2. The van der Waals surface area contributed by atoms with E-state index in [1.807, 2.05) is 18.2 Å². The molecular formula is C18H18N2O5. The number of methoxy groups -OCH3 is 1. The Hall–Kier alpha value is -3.09. The summed E-state index contributed by atoms with van der Waals surface area (Å²) in [5.41, 5.74) is 2.01. The number of amides is 1. The third kappa shape index (κ3) is 4.26. The summed E-state index contributed by atoms with van der Waals surface area (Å²) in [6.07, 6.45) is 2.45. The number of rotatable bonds is 6. The molecule has 3 rings (SSSR count). The maximum Gasteiger partial charge on any atom is 0.337 e. The fraction of sp³-hybridized carbons (Fsp3) is 0.278. The van der Waals surface area contributed by atoms with E-state index in [9.17, 15) is 9.59 Å². The highest BCUT2D eigenvalue weighted by Gasteiger charge is 2.13. The van der Waals surface area contributed by atoms with Gasteiger partial charge in [0, 0.05) is 12.6 Å². The minimum Gasteiger partial charge on any atom is -0.465 e. The lowest BCUT2D eigenvalue weighted by Crippen LogP contribution is -2.23. The van der Waals surface area contributed by atoms with Crippen LogP contribution in [0.25, 0.3) is 0 Å². The average Bonchev–Trinajstić information content (AvgIpc) is 3.12. The summed E-state index contributed by atoms with van der Waals surface area (Å²) in [7, 11) is 1.32. The highest BCUT2D eigenvalue weighted by atomic mass is 16.7. The summed E-state index contributed by atoms with van der Waals surface area (Å²) in [6.45, 7) is 0.488. The van der Waals surface area contributed by atoms with Gasteiger partial charge in [0.25, 0.3) is 0 Å². The molecule has 0 aliphatic carbocycles. The third-order valence-electron chi connectivity index (χ3n) is 3.78. The fourth-order valence-electron chi connectivity index (χ4n) is 2.45. The molecule has 0 atom stereocenters. The monoisotopic (exact) mass is 342 g/mol. The van der Waals surface area contributed by atoms with E-state index < -0.39 is 5.97 Å². The standard InChI is InChI=1S/C18H18N2O5/c1-23-18(22)13-6-7-19-14(9-13)10-20-17(21)5-3-12-2-4-15-16(8-12)25-11-24-15/h2,4,6-9H,3,5,10-11H2,1H3,(H,20,21). The van der Waals surface area contributed by atoms with Crippen LogP contribution in [0.3, 0.4) is 0 Å². The van der Waals surface area contributed by atoms with Gasteiger partial charge in [-0.15, -0.1) is 0 Å². The van der Waals surface area contributed by atoms with Crippen molar-refractivity contribution < 1.29 is 23.8 Å². The third-order valence-corrected chi connectivity index (χ3v) is 3.78. The van der Waals surface area contributed by atoms with E-state index in [2.05, 4.69) is 15.0 Å². The molecule has 1 aromatic carbocycles. The summed E-state index contributed by atoms with van der Waals surface area (Å²) in [6, 6.07) is 8.82. The van der Waals surface area contributed by atoms with Crippen molar-refractivity contribution in [3.63, 3.8) is 0 Å². The lowest BCUT2D eigenvalue weighted by Gasteiger charge is -2.07. The van der Waals surface area contributed by atoms with Crippen LogP contribution in [0.15, 0.2) is 36.5 Å². The molecule has 1 N–H and O–H groups in total. The number of ether oxygens (including phenoxy) is 3. The summed E-state index contributed by atoms with van der Waals surface area (Å²) in [4.78, 5) is 27.6. The van der Waals surface area contributed by atoms with Gasteiger partial charge in [-0.3, -0.25) is 9.78 Å². The van der Waals surface area contributed by atoms with Gasteiger partial charge in [-0.1, -0.05) is 6.07 Å². The van der Waals surface area contributed by atoms with Crippen molar-refractivity contribution in [3.8, 4) is 11.5 Å². The number of pyridine rings is 1. The highest BCUT2D eigenvalue weighted by molar-refractivity contribution is 5.89. The first-order valence-electron chi connectivity index (χ1n) is 7.84. The molecule has 0 saturated carbocycles. The topological polar surface area (TPSA) is 86.8 Å². The van der Waals surface area contributed by atoms with Crippen LogP contribution in [0, 0.1) is 0 Å². The Kier molecular flexibility index (Phi) is 5.13. The van der Waals surface area contributed by atoms with E-state index in [-0.39, 0.29) is 19.2 Å². The van der Waals surface area contributed by atoms with Gasteiger partial charge in [0.05, 0.1) is 24.9 Å². The predicted octanol–water partition coefficient (Wildman–Crippen LogP) is 1.85. The number of carbonyl (C=O) groups is 2. The van der Waals surface area contributed by atoms with E-state index >= 15 is 0 Å². The number of hydrogen-bond donors (Lipinski definition) is 1. The zero-order valence-electron chi connectivity index (χ0n) is 13.8. The van der Waals surface area contributed by atoms with Crippen molar-refractivity contribution in [3.05, 3.63) is 53.3 Å². The molecule has 0 unspecified atom stereocenters. The summed E-state index contributed by atoms with van der Waals surface area (Å²) in [5, 5.41) is 2.80. The number of fused-ring (bicyclic) bond motifs is 1. The van der Waals surface area contributed by atoms with E-state index in [4.69, 9.17) is 9.47 Å². The number of esters is 1. The first kappa shape index (κ1) is 16.8. The van der Waals surface area contributed by atoms with Gasteiger partial charge in [-0.25, -0.2) is 4.79 Å². The van der Waals surface area contributed by atoms with Crippen molar-refractivity contribution in [1.82, 2.24) is 10.3 Å². The van der Waals surface area contributed by atoms with Crippen LogP contribution in [0.4, 0.5) is 0 Å². The SMILES string of the molecule is COC(=O)c1ccnc(CNC(=O)CCc2ccc3c(c2)OCO3)c1. The van der Waals surface area contributed by atoms with Crippen LogP contribution in [0.2, 0.25) is 0 Å². The normalized spacial score (nSPS) is 11.9. The lowest BCUT2D eigenvalue weighted by molar-refractivity contribution is -0.121. The van der Waals surface area contributed by atoms with Gasteiger partial charge < -0.3 is 19.5 Å². The highest BCUT2D eigenvalue weighted by Crippen LogP contribution is 2.32. The van der Waals surface area contributed by atoms with Crippen LogP contribution < -0.4 is 14.8 Å². The summed E-state index contributed by atoms with van der Waals surface area (Å²) < 4.78 is 15.2. The molecule has 130 valence electrons. The first-order valence-corrected chi connectivity index (χ1v) is 7.84. The number of hydrogen-bond acceptors (Lipinski definition) is 6. The number of nitrogens with one attached hydrogen (secondary N) is 1. The van der Waals surface area contributed by atoms with Crippen molar-refractivity contribution >= 4 is 11.9 Å². The van der Waals surface area contributed by atoms with Crippen LogP contribution in [-0.4, -0.2) is 30.8 Å². The summed E-state index contributed by atoms with van der Waals surface area (Å²) in [5.74, 6) is 0.909. The minimum atomic E-state index is -0.433. The molecule has 1 aliphatic rings. The molecular weight excluding hydrogens is 324 g/mol. The van der Waals surface area contributed by atoms with Gasteiger partial charge in [0.1, 0.15) is 0 Å². The molecule has 1 aliphatic heterocycles. The first-order chi connectivity index (χ1) is 12.2. The van der Waals surface area contributed by atoms with Gasteiger partial charge >= 0.3 is 5.97 Å². The van der Waals surface area contributed by atoms with Gasteiger partial charge in [0.2, 0.25) is 12.7 Å². The fourth-order valence-corrected chi connectivity index (χ4v) is 2.45. The Bertz CT molecular complexity index is 791. The second kappa shape index (κ2) is 7.65. The molecule has 0 spiro atoms. The van der Waals surface area contributed by atoms with Crippen LogP contribution in [-0.2, 0) is 22.5 Å². The predicted molar refractivity (Wildman–Crippen MR) is 88.3 cm³/mol. The zero-order chi connectivity index (χ0) is 17.6. The van der Waals surface area contributed by atoms with Crippen LogP contribution >= 0.6 is 0 Å². The van der Waals surface area contributed by atoms with E-state index in [0.29, 0.717) is 29.8 Å². The smallest absolute Gasteiger partial charge is 0.337 e. The number of aromatic nitrogens is 1. The van der Waals surface area contributed by atoms with Gasteiger partial charge in [0.15, 0.2) is 11.5 Å². The largest absolute Gasteiger partial charge is 0.465 e. The minimum absolute atomic E-state index is 0.0945. The Balaban J connectivity index is 1.49. The van der Waals surface area contributed by atoms with E-state index in [1.54, 1.807) is 12.1 Å². The quantitative estimate of drug-likeness (QED) is 0.806. The van der Waals surface area contributed by atoms with Crippen LogP contribution in [0.5, 0.6) is 11.5 Å². The molecule has 0 fully saturated rings.